The van der Waals surface area contributed by atoms with E-state index in [1.807, 2.05) is 18.2 Å². The summed E-state index contributed by atoms with van der Waals surface area (Å²) in [6.45, 7) is 5.61. The molecule has 0 spiro atoms. The van der Waals surface area contributed by atoms with Gasteiger partial charge in [-0.15, -0.1) is 0 Å². The molecule has 2 aromatic rings. The fourth-order valence-corrected chi connectivity index (χ4v) is 6.10. The summed E-state index contributed by atoms with van der Waals surface area (Å²) in [4.78, 5) is 4.45. The number of aliphatic hydroxyl groups excluding tert-OH is 1. The van der Waals surface area contributed by atoms with E-state index in [0.29, 0.717) is 38.3 Å². The van der Waals surface area contributed by atoms with Crippen LogP contribution < -0.4 is 0 Å². The van der Waals surface area contributed by atoms with Crippen LogP contribution in [0.25, 0.3) is 0 Å². The number of sulfonamides is 1. The Balaban J connectivity index is 1.38. The lowest BCUT2D eigenvalue weighted by atomic mass is 10.1. The zero-order valence-electron chi connectivity index (χ0n) is 17.1. The van der Waals surface area contributed by atoms with Crippen LogP contribution in [0, 0.1) is 12.7 Å². The van der Waals surface area contributed by atoms with E-state index >= 15 is 0 Å². The number of piperazine rings is 1. The molecule has 0 radical (unpaired) electrons. The van der Waals surface area contributed by atoms with Crippen LogP contribution in [0.3, 0.4) is 0 Å². The van der Waals surface area contributed by atoms with E-state index in [0.717, 1.165) is 19.2 Å². The van der Waals surface area contributed by atoms with Crippen molar-refractivity contribution >= 4 is 10.0 Å². The predicted octanol–water partition coefficient (Wildman–Crippen LogP) is 1.69. The normalized spacial score (nSPS) is 24.4. The van der Waals surface area contributed by atoms with Gasteiger partial charge in [-0.1, -0.05) is 36.4 Å². The van der Waals surface area contributed by atoms with Crippen LogP contribution in [-0.4, -0.2) is 79.0 Å². The fraction of sp³-hybridized carbons (Fsp3) is 0.455. The van der Waals surface area contributed by atoms with Crippen LogP contribution >= 0.6 is 0 Å². The summed E-state index contributed by atoms with van der Waals surface area (Å²) in [7, 11) is -3.73. The summed E-state index contributed by atoms with van der Waals surface area (Å²) in [5, 5.41) is 10.6. The quantitative estimate of drug-likeness (QED) is 0.778. The average molecular weight is 434 g/mol. The second kappa shape index (κ2) is 8.72. The highest BCUT2D eigenvalue weighted by Gasteiger charge is 2.38. The number of rotatable bonds is 5. The molecule has 2 heterocycles. The summed E-state index contributed by atoms with van der Waals surface area (Å²) >= 11 is 0. The smallest absolute Gasteiger partial charge is 0.243 e. The lowest BCUT2D eigenvalue weighted by molar-refractivity contribution is 0.0618. The molecule has 1 unspecified atom stereocenters. The van der Waals surface area contributed by atoms with Gasteiger partial charge in [0.15, 0.2) is 0 Å². The van der Waals surface area contributed by atoms with E-state index in [4.69, 9.17) is 0 Å². The van der Waals surface area contributed by atoms with Crippen molar-refractivity contribution in [3.05, 3.63) is 65.5 Å². The number of hydrogen-bond donors (Lipinski definition) is 1. The maximum Gasteiger partial charge on any atom is 0.243 e. The summed E-state index contributed by atoms with van der Waals surface area (Å²) in [6, 6.07) is 14.0. The van der Waals surface area contributed by atoms with Gasteiger partial charge >= 0.3 is 0 Å². The fourth-order valence-electron chi connectivity index (χ4n) is 4.44. The number of likely N-dealkylation sites (tertiary alicyclic amines) is 1. The summed E-state index contributed by atoms with van der Waals surface area (Å²) in [5.74, 6) is -0.551. The van der Waals surface area contributed by atoms with Crippen LogP contribution in [0.4, 0.5) is 4.39 Å². The maximum absolute atomic E-state index is 13.6. The van der Waals surface area contributed by atoms with Crippen molar-refractivity contribution in [2.45, 2.75) is 30.5 Å². The first-order chi connectivity index (χ1) is 14.3. The molecule has 0 bridgehead atoms. The van der Waals surface area contributed by atoms with Gasteiger partial charge < -0.3 is 5.11 Å². The molecule has 4 rings (SSSR count). The Morgan fingerprint density at radius 2 is 1.73 bits per heavy atom. The van der Waals surface area contributed by atoms with E-state index in [2.05, 4.69) is 21.9 Å². The van der Waals surface area contributed by atoms with Crippen molar-refractivity contribution in [1.82, 2.24) is 14.1 Å². The number of hydrogen-bond acceptors (Lipinski definition) is 5. The monoisotopic (exact) mass is 433 g/mol. The Labute approximate surface area is 177 Å². The highest BCUT2D eigenvalue weighted by atomic mass is 32.2. The Morgan fingerprint density at radius 3 is 2.43 bits per heavy atom. The molecule has 162 valence electrons. The minimum Gasteiger partial charge on any atom is -0.390 e. The van der Waals surface area contributed by atoms with Gasteiger partial charge in [0, 0.05) is 51.9 Å². The van der Waals surface area contributed by atoms with Crippen LogP contribution in [0.2, 0.25) is 0 Å². The number of benzene rings is 2. The molecule has 0 amide bonds. The highest BCUT2D eigenvalue weighted by molar-refractivity contribution is 7.89. The molecule has 2 atom stereocenters. The molecule has 30 heavy (non-hydrogen) atoms. The first-order valence-electron chi connectivity index (χ1n) is 10.3. The van der Waals surface area contributed by atoms with E-state index in [1.165, 1.54) is 22.0 Å². The Hall–Kier alpha value is -1.84. The highest BCUT2D eigenvalue weighted by Crippen LogP contribution is 2.25. The Morgan fingerprint density at radius 1 is 1.03 bits per heavy atom. The lowest BCUT2D eigenvalue weighted by Gasteiger charge is -2.38. The summed E-state index contributed by atoms with van der Waals surface area (Å²) in [5.41, 5.74) is 1.76. The van der Waals surface area contributed by atoms with Gasteiger partial charge in [-0.2, -0.15) is 4.31 Å². The van der Waals surface area contributed by atoms with Gasteiger partial charge in [-0.05, 0) is 30.2 Å². The molecule has 2 aliphatic heterocycles. The SMILES string of the molecule is Cc1ccc(F)cc1S(=O)(=O)N1CCN([C@@H]2CN(Cc3ccccc3)CC2O)CC1. The molecule has 2 saturated heterocycles. The van der Waals surface area contributed by atoms with Crippen molar-refractivity contribution < 1.29 is 17.9 Å². The number of aliphatic hydroxyl groups is 1. The van der Waals surface area contributed by atoms with Crippen molar-refractivity contribution in [3.63, 3.8) is 0 Å². The third-order valence-corrected chi connectivity index (χ3v) is 8.13. The number of halogens is 1. The number of β-amino-alcohol motifs (C(OH)–C–C–N with tert-alkyl or cyclic N) is 1. The maximum atomic E-state index is 13.6. The van der Waals surface area contributed by atoms with Crippen molar-refractivity contribution in [3.8, 4) is 0 Å². The first-order valence-corrected chi connectivity index (χ1v) is 11.7. The Bertz CT molecular complexity index is 978. The number of nitrogens with zero attached hydrogens (tertiary/aromatic N) is 3. The molecule has 8 heteroatoms. The zero-order chi connectivity index (χ0) is 21.3. The van der Waals surface area contributed by atoms with Crippen LogP contribution in [0.5, 0.6) is 0 Å². The number of aryl methyl sites for hydroxylation is 1. The third kappa shape index (κ3) is 4.43. The molecule has 2 aromatic carbocycles. The van der Waals surface area contributed by atoms with E-state index in [9.17, 15) is 17.9 Å². The van der Waals surface area contributed by atoms with Crippen LogP contribution in [0.15, 0.2) is 53.4 Å². The molecular formula is C22H28FN3O3S. The van der Waals surface area contributed by atoms with Gasteiger partial charge in [0.2, 0.25) is 10.0 Å². The van der Waals surface area contributed by atoms with E-state index in [1.54, 1.807) is 6.92 Å². The van der Waals surface area contributed by atoms with Gasteiger partial charge in [-0.25, -0.2) is 12.8 Å². The van der Waals surface area contributed by atoms with Gasteiger partial charge in [-0.3, -0.25) is 9.80 Å². The topological polar surface area (TPSA) is 64.1 Å². The van der Waals surface area contributed by atoms with Crippen molar-refractivity contribution in [1.29, 1.82) is 0 Å². The molecule has 0 aromatic heterocycles. The molecule has 0 aliphatic carbocycles. The summed E-state index contributed by atoms with van der Waals surface area (Å²) in [6.07, 6.45) is -0.456. The molecular weight excluding hydrogens is 405 g/mol. The van der Waals surface area contributed by atoms with Gasteiger partial charge in [0.25, 0.3) is 0 Å². The minimum atomic E-state index is -3.73. The second-order valence-corrected chi connectivity index (χ2v) is 10.1. The Kier molecular flexibility index (Phi) is 6.22. The van der Waals surface area contributed by atoms with Crippen LogP contribution in [0.1, 0.15) is 11.1 Å². The van der Waals surface area contributed by atoms with Crippen molar-refractivity contribution in [2.75, 3.05) is 39.3 Å². The molecule has 6 nitrogen and oxygen atoms in total. The lowest BCUT2D eigenvalue weighted by Crippen LogP contribution is -2.54. The summed E-state index contributed by atoms with van der Waals surface area (Å²) < 4.78 is 41.0. The first kappa shape index (κ1) is 21.4. The third-order valence-electron chi connectivity index (χ3n) is 6.09. The predicted molar refractivity (Wildman–Crippen MR) is 113 cm³/mol. The second-order valence-electron chi connectivity index (χ2n) is 8.16. The van der Waals surface area contributed by atoms with Crippen molar-refractivity contribution in [2.24, 2.45) is 0 Å². The van der Waals surface area contributed by atoms with Gasteiger partial charge in [0.05, 0.1) is 11.0 Å². The van der Waals surface area contributed by atoms with E-state index in [-0.39, 0.29) is 10.9 Å². The van der Waals surface area contributed by atoms with Gasteiger partial charge in [0.1, 0.15) is 5.82 Å². The average Bonchev–Trinajstić information content (AvgIpc) is 3.10. The molecule has 2 fully saturated rings. The standard InChI is InChI=1S/C22H28FN3O3S/c1-17-7-8-19(23)13-22(17)30(28,29)26-11-9-25(10-12-26)20-15-24(16-21(20)27)14-18-5-3-2-4-6-18/h2-8,13,20-21,27H,9-12,14-16H2,1H3/t20-,21?/m1/s1. The van der Waals surface area contributed by atoms with E-state index < -0.39 is 21.9 Å². The largest absolute Gasteiger partial charge is 0.390 e. The van der Waals surface area contributed by atoms with Crippen LogP contribution in [-0.2, 0) is 16.6 Å². The molecule has 0 saturated carbocycles. The molecule has 2 aliphatic rings. The zero-order valence-corrected chi connectivity index (χ0v) is 17.9. The minimum absolute atomic E-state index is 0.00512. The molecule has 1 N–H and O–H groups in total.